The topological polar surface area (TPSA) is 85.4 Å². The minimum absolute atomic E-state index is 0.0635. The molecule has 30 heavy (non-hydrogen) atoms. The monoisotopic (exact) mass is 404 g/mol. The van der Waals surface area contributed by atoms with Crippen LogP contribution < -0.4 is 20.1 Å². The highest BCUT2D eigenvalue weighted by atomic mass is 16.5. The minimum Gasteiger partial charge on any atom is -0.495 e. The molecule has 2 aromatic carbocycles. The Morgan fingerprint density at radius 3 is 2.57 bits per heavy atom. The third-order valence-electron chi connectivity index (χ3n) is 4.86. The van der Waals surface area contributed by atoms with E-state index in [0.717, 1.165) is 35.7 Å². The lowest BCUT2D eigenvalue weighted by Crippen LogP contribution is -2.18. The zero-order valence-corrected chi connectivity index (χ0v) is 17.1. The number of hydrogen-bond donors (Lipinski definition) is 2. The van der Waals surface area contributed by atoms with Gasteiger partial charge in [-0.1, -0.05) is 12.1 Å². The number of carbonyl (C=O) groups is 1. The fourth-order valence-electron chi connectivity index (χ4n) is 3.48. The Bertz CT molecular complexity index is 1050. The zero-order chi connectivity index (χ0) is 20.9. The molecule has 7 heteroatoms. The van der Waals surface area contributed by atoms with Crippen molar-refractivity contribution in [2.75, 3.05) is 24.4 Å². The number of hydrogen-bond acceptors (Lipinski definition) is 7. The summed E-state index contributed by atoms with van der Waals surface area (Å²) in [6, 6.07) is 15.1. The van der Waals surface area contributed by atoms with Crippen molar-refractivity contribution in [3.63, 3.8) is 0 Å². The van der Waals surface area contributed by atoms with Crippen molar-refractivity contribution < 1.29 is 14.3 Å². The van der Waals surface area contributed by atoms with E-state index in [1.165, 1.54) is 0 Å². The number of para-hydroxylation sites is 2. The molecule has 7 nitrogen and oxygen atoms in total. The Kier molecular flexibility index (Phi) is 5.79. The fraction of sp³-hybridized carbons (Fsp3) is 0.261. The molecule has 0 bridgehead atoms. The molecule has 1 aliphatic rings. The van der Waals surface area contributed by atoms with Crippen molar-refractivity contribution >= 4 is 28.9 Å². The summed E-state index contributed by atoms with van der Waals surface area (Å²) in [4.78, 5) is 21.9. The van der Waals surface area contributed by atoms with Gasteiger partial charge in [0.1, 0.15) is 17.3 Å². The summed E-state index contributed by atoms with van der Waals surface area (Å²) in [6.07, 6.45) is 2.04. The summed E-state index contributed by atoms with van der Waals surface area (Å²) < 4.78 is 10.9. The maximum Gasteiger partial charge on any atom is 0.229 e. The molecule has 0 radical (unpaired) electrons. The van der Waals surface area contributed by atoms with Gasteiger partial charge in [0.25, 0.3) is 0 Å². The molecule has 3 aromatic rings. The van der Waals surface area contributed by atoms with E-state index in [9.17, 15) is 4.79 Å². The van der Waals surface area contributed by atoms with E-state index in [2.05, 4.69) is 20.6 Å². The molecule has 0 saturated heterocycles. The van der Waals surface area contributed by atoms with Crippen LogP contribution in [0.15, 0.2) is 48.5 Å². The lowest BCUT2D eigenvalue weighted by molar-refractivity contribution is 0.0972. The van der Waals surface area contributed by atoms with Crippen LogP contribution in [0.4, 0.5) is 23.1 Å². The molecule has 0 unspecified atom stereocenters. The molecular weight excluding hydrogens is 380 g/mol. The molecule has 0 aliphatic heterocycles. The normalized spacial score (nSPS) is 12.8. The fourth-order valence-corrected chi connectivity index (χ4v) is 3.48. The molecule has 0 amide bonds. The number of Topliss-reactive ketones (excluding diaryl/α,β-unsaturated/α-hetero) is 1. The number of benzene rings is 2. The number of rotatable bonds is 7. The van der Waals surface area contributed by atoms with Crippen LogP contribution in [0.3, 0.4) is 0 Å². The van der Waals surface area contributed by atoms with Crippen LogP contribution in [0.25, 0.3) is 0 Å². The highest BCUT2D eigenvalue weighted by molar-refractivity contribution is 6.03. The third kappa shape index (κ3) is 4.20. The molecular formula is C23H24N4O3. The highest BCUT2D eigenvalue weighted by Crippen LogP contribution is 2.32. The minimum atomic E-state index is 0.0635. The Hall–Kier alpha value is -3.61. The number of aromatic nitrogens is 2. The lowest BCUT2D eigenvalue weighted by Gasteiger charge is -2.20. The SMILES string of the molecule is CCOc1ccc(Nc2nc(Nc3ccccc3OC)nc3c2C(=O)CCC3)cc1. The van der Waals surface area contributed by atoms with Crippen LogP contribution >= 0.6 is 0 Å². The Balaban J connectivity index is 1.69. The summed E-state index contributed by atoms with van der Waals surface area (Å²) >= 11 is 0. The number of carbonyl (C=O) groups excluding carboxylic acids is 1. The second-order valence-corrected chi connectivity index (χ2v) is 6.90. The Labute approximate surface area is 175 Å². The molecule has 0 fully saturated rings. The average Bonchev–Trinajstić information content (AvgIpc) is 2.76. The zero-order valence-electron chi connectivity index (χ0n) is 17.1. The molecule has 1 heterocycles. The maximum absolute atomic E-state index is 12.6. The van der Waals surface area contributed by atoms with Gasteiger partial charge in [-0.3, -0.25) is 4.79 Å². The maximum atomic E-state index is 12.6. The third-order valence-corrected chi connectivity index (χ3v) is 4.86. The molecule has 2 N–H and O–H groups in total. The first kappa shape index (κ1) is 19.7. The Morgan fingerprint density at radius 1 is 1.00 bits per heavy atom. The first-order chi connectivity index (χ1) is 14.7. The van der Waals surface area contributed by atoms with Crippen LogP contribution in [0.2, 0.25) is 0 Å². The van der Waals surface area contributed by atoms with Crippen LogP contribution in [0.1, 0.15) is 35.8 Å². The molecule has 4 rings (SSSR count). The number of nitrogens with one attached hydrogen (secondary N) is 2. The molecule has 1 aromatic heterocycles. The summed E-state index contributed by atoms with van der Waals surface area (Å²) in [5, 5.41) is 6.51. The van der Waals surface area contributed by atoms with Gasteiger partial charge in [0.15, 0.2) is 5.78 Å². The van der Waals surface area contributed by atoms with Gasteiger partial charge in [0.05, 0.1) is 30.7 Å². The van der Waals surface area contributed by atoms with Crippen molar-refractivity contribution in [2.24, 2.45) is 0 Å². The molecule has 154 valence electrons. The first-order valence-electron chi connectivity index (χ1n) is 10.0. The van der Waals surface area contributed by atoms with Crippen LogP contribution in [-0.2, 0) is 6.42 Å². The van der Waals surface area contributed by atoms with Gasteiger partial charge in [0, 0.05) is 12.1 Å². The van der Waals surface area contributed by atoms with Gasteiger partial charge >= 0.3 is 0 Å². The van der Waals surface area contributed by atoms with Crippen LogP contribution in [0.5, 0.6) is 11.5 Å². The molecule has 0 spiro atoms. The quantitative estimate of drug-likeness (QED) is 0.580. The molecule has 0 saturated carbocycles. The van der Waals surface area contributed by atoms with Crippen molar-refractivity contribution in [2.45, 2.75) is 26.2 Å². The van der Waals surface area contributed by atoms with Crippen molar-refractivity contribution in [3.8, 4) is 11.5 Å². The van der Waals surface area contributed by atoms with Crippen LogP contribution in [0, 0.1) is 0 Å². The lowest BCUT2D eigenvalue weighted by atomic mass is 9.95. The number of nitrogens with zero attached hydrogens (tertiary/aromatic N) is 2. The standard InChI is InChI=1S/C23H24N4O3/c1-3-30-16-13-11-15(12-14-16)24-22-21-18(8-6-9-19(21)28)26-23(27-22)25-17-7-4-5-10-20(17)29-2/h4-5,7,10-14H,3,6,8-9H2,1-2H3,(H2,24,25,26,27). The van der Waals surface area contributed by atoms with Gasteiger partial charge in [-0.25, -0.2) is 4.98 Å². The number of methoxy groups -OCH3 is 1. The van der Waals surface area contributed by atoms with E-state index in [-0.39, 0.29) is 5.78 Å². The van der Waals surface area contributed by atoms with E-state index in [0.29, 0.717) is 36.1 Å². The second kappa shape index (κ2) is 8.82. The van der Waals surface area contributed by atoms with Gasteiger partial charge in [-0.15, -0.1) is 0 Å². The second-order valence-electron chi connectivity index (χ2n) is 6.90. The molecule has 0 atom stereocenters. The largest absolute Gasteiger partial charge is 0.495 e. The highest BCUT2D eigenvalue weighted by Gasteiger charge is 2.25. The average molecular weight is 404 g/mol. The Morgan fingerprint density at radius 2 is 1.80 bits per heavy atom. The van der Waals surface area contributed by atoms with E-state index in [1.807, 2.05) is 55.5 Å². The summed E-state index contributed by atoms with van der Waals surface area (Å²) in [5.41, 5.74) is 2.91. The van der Waals surface area contributed by atoms with E-state index >= 15 is 0 Å². The first-order valence-corrected chi connectivity index (χ1v) is 10.0. The van der Waals surface area contributed by atoms with Gasteiger partial charge in [-0.2, -0.15) is 4.98 Å². The number of aryl methyl sites for hydroxylation is 1. The summed E-state index contributed by atoms with van der Waals surface area (Å²) in [7, 11) is 1.62. The van der Waals surface area contributed by atoms with Gasteiger partial charge < -0.3 is 20.1 Å². The van der Waals surface area contributed by atoms with E-state index in [4.69, 9.17) is 9.47 Å². The number of ether oxygens (including phenoxy) is 2. The summed E-state index contributed by atoms with van der Waals surface area (Å²) in [5.74, 6) is 2.47. The predicted octanol–water partition coefficient (Wildman–Crippen LogP) is 4.89. The number of anilines is 4. The van der Waals surface area contributed by atoms with E-state index < -0.39 is 0 Å². The number of ketones is 1. The van der Waals surface area contributed by atoms with Gasteiger partial charge in [-0.05, 0) is 56.2 Å². The van der Waals surface area contributed by atoms with Crippen molar-refractivity contribution in [1.82, 2.24) is 9.97 Å². The van der Waals surface area contributed by atoms with E-state index in [1.54, 1.807) is 7.11 Å². The van der Waals surface area contributed by atoms with Crippen molar-refractivity contribution in [1.29, 1.82) is 0 Å². The van der Waals surface area contributed by atoms with Crippen LogP contribution in [-0.4, -0.2) is 29.5 Å². The number of fused-ring (bicyclic) bond motifs is 1. The van der Waals surface area contributed by atoms with Crippen molar-refractivity contribution in [3.05, 3.63) is 59.8 Å². The smallest absolute Gasteiger partial charge is 0.229 e. The molecule has 1 aliphatic carbocycles. The van der Waals surface area contributed by atoms with Gasteiger partial charge in [0.2, 0.25) is 5.95 Å². The summed E-state index contributed by atoms with van der Waals surface area (Å²) in [6.45, 7) is 2.56. The predicted molar refractivity (Wildman–Crippen MR) is 116 cm³/mol.